The number of nitrogens with one attached hydrogen (secondary N) is 3. The van der Waals surface area contributed by atoms with Crippen LogP contribution < -0.4 is 25.0 Å². The van der Waals surface area contributed by atoms with Crippen molar-refractivity contribution >= 4 is 6.03 Å². The van der Waals surface area contributed by atoms with Gasteiger partial charge in [-0.1, -0.05) is 18.2 Å². The van der Waals surface area contributed by atoms with Crippen LogP contribution in [0.2, 0.25) is 0 Å². The lowest BCUT2D eigenvalue weighted by molar-refractivity contribution is -0.948. The Morgan fingerprint density at radius 1 is 1.23 bits per heavy atom. The molecule has 1 heterocycles. The Hall–Kier alpha value is -2.80. The van der Waals surface area contributed by atoms with Crippen molar-refractivity contribution in [2.45, 2.75) is 38.9 Å². The van der Waals surface area contributed by atoms with E-state index < -0.39 is 0 Å². The average molecular weight is 417 g/mol. The predicted octanol–water partition coefficient (Wildman–Crippen LogP) is 2.23. The molecular formula is C23H31FN3O3+. The number of methoxy groups -OCH3 is 2. The summed E-state index contributed by atoms with van der Waals surface area (Å²) in [5, 5.41) is 5.84. The Morgan fingerprint density at radius 2 is 1.93 bits per heavy atom. The molecule has 0 spiro atoms. The van der Waals surface area contributed by atoms with Gasteiger partial charge in [0.1, 0.15) is 18.4 Å². The van der Waals surface area contributed by atoms with E-state index in [0.717, 1.165) is 18.5 Å². The molecule has 162 valence electrons. The smallest absolute Gasteiger partial charge is 0.315 e. The third-order valence-corrected chi connectivity index (χ3v) is 5.71. The highest BCUT2D eigenvalue weighted by molar-refractivity contribution is 5.74. The van der Waals surface area contributed by atoms with Gasteiger partial charge in [0.15, 0.2) is 11.5 Å². The Bertz CT molecular complexity index is 890. The van der Waals surface area contributed by atoms with Crippen molar-refractivity contribution < 1.29 is 23.6 Å². The first-order valence-corrected chi connectivity index (χ1v) is 10.4. The summed E-state index contributed by atoms with van der Waals surface area (Å²) in [5.41, 5.74) is 2.93. The number of benzene rings is 2. The summed E-state index contributed by atoms with van der Waals surface area (Å²) in [6.07, 6.45) is 0.837. The minimum atomic E-state index is -0.206. The first-order chi connectivity index (χ1) is 14.5. The van der Waals surface area contributed by atoms with Crippen molar-refractivity contribution in [2.75, 3.05) is 27.3 Å². The molecule has 0 aliphatic carbocycles. The van der Waals surface area contributed by atoms with E-state index in [-0.39, 0.29) is 23.9 Å². The van der Waals surface area contributed by atoms with Crippen LogP contribution in [-0.4, -0.2) is 39.4 Å². The fourth-order valence-electron chi connectivity index (χ4n) is 4.32. The summed E-state index contributed by atoms with van der Waals surface area (Å²) in [6.45, 7) is 5.78. The second kappa shape index (κ2) is 9.80. The van der Waals surface area contributed by atoms with Gasteiger partial charge in [0.2, 0.25) is 0 Å². The second-order valence-electron chi connectivity index (χ2n) is 7.60. The Morgan fingerprint density at radius 3 is 2.60 bits per heavy atom. The largest absolute Gasteiger partial charge is 0.493 e. The number of urea groups is 1. The predicted molar refractivity (Wildman–Crippen MR) is 114 cm³/mol. The number of hydrogen-bond donors (Lipinski definition) is 3. The molecule has 3 rings (SSSR count). The molecule has 0 aromatic heterocycles. The summed E-state index contributed by atoms with van der Waals surface area (Å²) in [7, 11) is 3.24. The van der Waals surface area contributed by atoms with Gasteiger partial charge in [0.05, 0.1) is 26.8 Å². The molecule has 2 aromatic carbocycles. The van der Waals surface area contributed by atoms with Gasteiger partial charge >= 0.3 is 6.03 Å². The summed E-state index contributed by atoms with van der Waals surface area (Å²) in [5.74, 6) is 1.14. The number of hydrogen-bond acceptors (Lipinski definition) is 3. The van der Waals surface area contributed by atoms with E-state index in [1.807, 2.05) is 38.1 Å². The van der Waals surface area contributed by atoms with E-state index in [1.54, 1.807) is 20.3 Å². The van der Waals surface area contributed by atoms with Crippen LogP contribution in [0.4, 0.5) is 9.18 Å². The third kappa shape index (κ3) is 4.67. The topological polar surface area (TPSA) is 64.0 Å². The zero-order valence-electron chi connectivity index (χ0n) is 18.0. The minimum absolute atomic E-state index is 0.0595. The molecule has 0 bridgehead atoms. The zero-order chi connectivity index (χ0) is 21.7. The van der Waals surface area contributed by atoms with Crippen LogP contribution in [0.1, 0.15) is 36.6 Å². The van der Waals surface area contributed by atoms with Gasteiger partial charge in [-0.2, -0.15) is 0 Å². The minimum Gasteiger partial charge on any atom is -0.493 e. The first-order valence-electron chi connectivity index (χ1n) is 10.4. The number of amides is 2. The quantitative estimate of drug-likeness (QED) is 0.649. The molecule has 0 saturated carbocycles. The van der Waals surface area contributed by atoms with Crippen molar-refractivity contribution in [1.82, 2.24) is 10.6 Å². The molecule has 7 heteroatoms. The van der Waals surface area contributed by atoms with Crippen molar-refractivity contribution in [3.05, 3.63) is 58.9 Å². The van der Waals surface area contributed by atoms with E-state index in [1.165, 1.54) is 16.5 Å². The molecule has 3 N–H and O–H groups in total. The van der Waals surface area contributed by atoms with E-state index >= 15 is 0 Å². The molecule has 2 aromatic rings. The van der Waals surface area contributed by atoms with Crippen LogP contribution in [0.3, 0.4) is 0 Å². The molecular weight excluding hydrogens is 385 g/mol. The highest BCUT2D eigenvalue weighted by Crippen LogP contribution is 2.35. The SMILES string of the molecule is CCNC(=O)N[C@H](C)[C@@H]1c2cc(OC)c(OC)cc2CC[NH+]1Cc1ccccc1F. The van der Waals surface area contributed by atoms with Crippen molar-refractivity contribution in [3.8, 4) is 11.5 Å². The molecule has 0 radical (unpaired) electrons. The fourth-order valence-corrected chi connectivity index (χ4v) is 4.32. The summed E-state index contributed by atoms with van der Waals surface area (Å²) in [4.78, 5) is 13.4. The van der Waals surface area contributed by atoms with Crippen LogP contribution in [0.5, 0.6) is 11.5 Å². The van der Waals surface area contributed by atoms with Crippen molar-refractivity contribution in [2.24, 2.45) is 0 Å². The van der Waals surface area contributed by atoms with Crippen LogP contribution in [0.15, 0.2) is 36.4 Å². The lowest BCUT2D eigenvalue weighted by atomic mass is 9.87. The van der Waals surface area contributed by atoms with Gasteiger partial charge in [-0.05, 0) is 37.6 Å². The number of halogens is 1. The van der Waals surface area contributed by atoms with Gasteiger partial charge in [0.25, 0.3) is 0 Å². The Balaban J connectivity index is 1.99. The average Bonchev–Trinajstić information content (AvgIpc) is 2.74. The number of carbonyl (C=O) groups is 1. The summed E-state index contributed by atoms with van der Waals surface area (Å²) >= 11 is 0. The zero-order valence-corrected chi connectivity index (χ0v) is 18.0. The van der Waals surface area contributed by atoms with E-state index in [9.17, 15) is 9.18 Å². The number of rotatable bonds is 7. The lowest BCUT2D eigenvalue weighted by Crippen LogP contribution is -3.13. The van der Waals surface area contributed by atoms with Gasteiger partial charge in [-0.25, -0.2) is 9.18 Å². The van der Waals surface area contributed by atoms with Gasteiger partial charge in [-0.3, -0.25) is 0 Å². The highest BCUT2D eigenvalue weighted by Gasteiger charge is 2.37. The van der Waals surface area contributed by atoms with E-state index in [4.69, 9.17) is 9.47 Å². The maximum atomic E-state index is 14.4. The summed E-state index contributed by atoms with van der Waals surface area (Å²) < 4.78 is 25.4. The highest BCUT2D eigenvalue weighted by atomic mass is 19.1. The molecule has 0 saturated heterocycles. The molecule has 2 amide bonds. The maximum Gasteiger partial charge on any atom is 0.315 e. The number of ether oxygens (including phenoxy) is 2. The van der Waals surface area contributed by atoms with Crippen LogP contribution in [-0.2, 0) is 13.0 Å². The van der Waals surface area contributed by atoms with E-state index in [2.05, 4.69) is 10.6 Å². The van der Waals surface area contributed by atoms with Gasteiger partial charge in [0, 0.05) is 24.1 Å². The van der Waals surface area contributed by atoms with Crippen LogP contribution in [0.25, 0.3) is 0 Å². The monoisotopic (exact) mass is 416 g/mol. The molecule has 6 nitrogen and oxygen atoms in total. The molecule has 1 aliphatic rings. The van der Waals surface area contributed by atoms with Crippen LogP contribution in [0, 0.1) is 5.82 Å². The molecule has 3 atom stereocenters. The number of quaternary nitrogens is 1. The summed E-state index contributed by atoms with van der Waals surface area (Å²) in [6, 6.07) is 10.4. The standard InChI is InChI=1S/C23H30FN3O3/c1-5-25-23(28)26-15(2)22-18-13-21(30-4)20(29-3)12-16(18)10-11-27(22)14-17-8-6-7-9-19(17)24/h6-9,12-13,15,22H,5,10-11,14H2,1-4H3,(H2,25,26,28)/p+1/t15-,22-/m1/s1. The molecule has 1 aliphatic heterocycles. The number of carbonyl (C=O) groups excluding carboxylic acids is 1. The first kappa shape index (κ1) is 21.9. The van der Waals surface area contributed by atoms with Crippen molar-refractivity contribution in [1.29, 1.82) is 0 Å². The van der Waals surface area contributed by atoms with Crippen LogP contribution >= 0.6 is 0 Å². The fraction of sp³-hybridized carbons (Fsp3) is 0.435. The second-order valence-corrected chi connectivity index (χ2v) is 7.60. The van der Waals surface area contributed by atoms with Crippen molar-refractivity contribution in [3.63, 3.8) is 0 Å². The van der Waals surface area contributed by atoms with Gasteiger partial charge in [-0.15, -0.1) is 0 Å². The molecule has 0 fully saturated rings. The molecule has 1 unspecified atom stereocenters. The van der Waals surface area contributed by atoms with E-state index in [0.29, 0.717) is 30.2 Å². The Kier molecular flexibility index (Phi) is 7.15. The Labute approximate surface area is 177 Å². The molecule has 30 heavy (non-hydrogen) atoms. The number of fused-ring (bicyclic) bond motifs is 1. The lowest BCUT2D eigenvalue weighted by Gasteiger charge is -2.38. The normalized spacial score (nSPS) is 18.8. The third-order valence-electron chi connectivity index (χ3n) is 5.71. The van der Waals surface area contributed by atoms with Gasteiger partial charge < -0.3 is 25.0 Å². The maximum absolute atomic E-state index is 14.4.